The second-order valence-electron chi connectivity index (χ2n) is 5.21. The van der Waals surface area contributed by atoms with E-state index < -0.39 is 0 Å². The highest BCUT2D eigenvalue weighted by molar-refractivity contribution is 5.92. The number of rotatable bonds is 3. The molecule has 1 aliphatic carbocycles. The minimum atomic E-state index is 0.277. The van der Waals surface area contributed by atoms with E-state index in [1.54, 1.807) is 0 Å². The summed E-state index contributed by atoms with van der Waals surface area (Å²) in [5.74, 6) is 1.39. The average Bonchev–Trinajstić information content (AvgIpc) is 2.84. The smallest absolute Gasteiger partial charge is 0.211 e. The van der Waals surface area contributed by atoms with Crippen molar-refractivity contribution in [3.05, 3.63) is 24.0 Å². The van der Waals surface area contributed by atoms with Crippen LogP contribution in [0.2, 0.25) is 0 Å². The van der Waals surface area contributed by atoms with Crippen LogP contribution in [0.25, 0.3) is 11.0 Å². The van der Waals surface area contributed by atoms with Crippen LogP contribution in [0.3, 0.4) is 0 Å². The summed E-state index contributed by atoms with van der Waals surface area (Å²) in [6.45, 7) is 0. The topological polar surface area (TPSA) is 83.8 Å². The molecule has 1 fully saturated rings. The Labute approximate surface area is 111 Å². The first-order valence-electron chi connectivity index (χ1n) is 6.72. The molecule has 3 rings (SSSR count). The minimum absolute atomic E-state index is 0.277. The molecule has 0 saturated heterocycles. The number of aromatic nitrogens is 2. The second-order valence-corrected chi connectivity index (χ2v) is 5.21. The summed E-state index contributed by atoms with van der Waals surface area (Å²) in [5, 5.41) is 2.69. The third-order valence-corrected chi connectivity index (χ3v) is 3.85. The Hall–Kier alpha value is -1.88. The maximum absolute atomic E-state index is 10.6. The van der Waals surface area contributed by atoms with Crippen molar-refractivity contribution in [2.24, 2.45) is 5.73 Å². The van der Waals surface area contributed by atoms with E-state index >= 15 is 0 Å². The van der Waals surface area contributed by atoms with E-state index in [0.29, 0.717) is 12.3 Å². The van der Waals surface area contributed by atoms with Crippen LogP contribution in [-0.4, -0.2) is 22.4 Å². The predicted molar refractivity (Wildman–Crippen MR) is 75.0 cm³/mol. The van der Waals surface area contributed by atoms with Crippen molar-refractivity contribution in [3.63, 3.8) is 0 Å². The van der Waals surface area contributed by atoms with Gasteiger partial charge >= 0.3 is 0 Å². The molecular formula is C14H18N4O. The summed E-state index contributed by atoms with van der Waals surface area (Å²) >= 11 is 0. The predicted octanol–water partition coefficient (Wildman–Crippen LogP) is 2.12. The first-order chi connectivity index (χ1) is 9.28. The first kappa shape index (κ1) is 12.2. The number of H-pyrrole nitrogens is 1. The van der Waals surface area contributed by atoms with Gasteiger partial charge in [0.25, 0.3) is 0 Å². The second kappa shape index (κ2) is 5.01. The van der Waals surface area contributed by atoms with Crippen LogP contribution in [0.1, 0.15) is 37.4 Å². The highest BCUT2D eigenvalue weighted by Crippen LogP contribution is 2.32. The van der Waals surface area contributed by atoms with Gasteiger partial charge in [0.1, 0.15) is 11.3 Å². The fraction of sp³-hybridized carbons (Fsp3) is 0.429. The molecule has 5 heteroatoms. The molecular weight excluding hydrogens is 240 g/mol. The van der Waals surface area contributed by atoms with Gasteiger partial charge in [0.2, 0.25) is 6.41 Å². The lowest BCUT2D eigenvalue weighted by Gasteiger charge is -2.24. The fourth-order valence-electron chi connectivity index (χ4n) is 2.90. The Morgan fingerprint density at radius 2 is 2.32 bits per heavy atom. The van der Waals surface area contributed by atoms with Gasteiger partial charge in [-0.25, -0.2) is 4.98 Å². The zero-order chi connectivity index (χ0) is 13.2. The number of aromatic amines is 1. The molecule has 1 amide bonds. The molecule has 0 radical (unpaired) electrons. The van der Waals surface area contributed by atoms with Crippen molar-refractivity contribution >= 4 is 23.1 Å². The minimum Gasteiger partial charge on any atom is -0.342 e. The van der Waals surface area contributed by atoms with E-state index in [1.165, 1.54) is 0 Å². The van der Waals surface area contributed by atoms with Crippen LogP contribution in [0.5, 0.6) is 0 Å². The van der Waals surface area contributed by atoms with E-state index in [2.05, 4.69) is 15.3 Å². The Bertz CT molecular complexity index is 592. The number of para-hydroxylation sites is 1. The van der Waals surface area contributed by atoms with E-state index in [1.807, 2.05) is 18.2 Å². The summed E-state index contributed by atoms with van der Waals surface area (Å²) in [5.41, 5.74) is 8.56. The van der Waals surface area contributed by atoms with Crippen molar-refractivity contribution in [2.75, 3.05) is 5.32 Å². The normalized spacial score (nSPS) is 23.4. The summed E-state index contributed by atoms with van der Waals surface area (Å²) in [6.07, 6.45) is 5.05. The molecule has 1 aromatic carbocycles. The van der Waals surface area contributed by atoms with Crippen molar-refractivity contribution in [1.82, 2.24) is 9.97 Å². The lowest BCUT2D eigenvalue weighted by atomic mass is 9.86. The molecule has 0 aliphatic heterocycles. The van der Waals surface area contributed by atoms with Gasteiger partial charge in [-0.15, -0.1) is 0 Å². The molecule has 2 aromatic rings. The van der Waals surface area contributed by atoms with E-state index in [4.69, 9.17) is 5.73 Å². The van der Waals surface area contributed by atoms with Gasteiger partial charge in [-0.1, -0.05) is 12.5 Å². The third-order valence-electron chi connectivity index (χ3n) is 3.85. The zero-order valence-corrected chi connectivity index (χ0v) is 10.7. The summed E-state index contributed by atoms with van der Waals surface area (Å²) < 4.78 is 0. The summed E-state index contributed by atoms with van der Waals surface area (Å²) in [4.78, 5) is 18.6. The molecule has 1 aromatic heterocycles. The Kier molecular flexibility index (Phi) is 3.21. The van der Waals surface area contributed by atoms with Crippen LogP contribution >= 0.6 is 0 Å². The van der Waals surface area contributed by atoms with E-state index in [0.717, 1.165) is 48.2 Å². The molecule has 2 unspecified atom stereocenters. The molecule has 1 heterocycles. The highest BCUT2D eigenvalue weighted by atomic mass is 16.1. The number of carbonyl (C=O) groups is 1. The molecule has 5 nitrogen and oxygen atoms in total. The monoisotopic (exact) mass is 258 g/mol. The maximum atomic E-state index is 10.6. The van der Waals surface area contributed by atoms with E-state index in [-0.39, 0.29) is 6.04 Å². The molecule has 4 N–H and O–H groups in total. The van der Waals surface area contributed by atoms with Crippen molar-refractivity contribution in [3.8, 4) is 0 Å². The van der Waals surface area contributed by atoms with Gasteiger partial charge in [-0.3, -0.25) is 4.79 Å². The number of anilines is 1. The standard InChI is InChI=1S/C14H18N4O/c15-10-4-1-3-9(7-10)14-17-12-6-2-5-11(16-8-19)13(12)18-14/h2,5-6,8-10H,1,3-4,7,15H2,(H,16,19)(H,17,18). The van der Waals surface area contributed by atoms with Gasteiger partial charge in [-0.05, 0) is 31.4 Å². The van der Waals surface area contributed by atoms with Crippen LogP contribution < -0.4 is 11.1 Å². The number of hydrogen-bond donors (Lipinski definition) is 3. The van der Waals surface area contributed by atoms with Gasteiger partial charge in [0.15, 0.2) is 0 Å². The molecule has 0 bridgehead atoms. The molecule has 0 spiro atoms. The number of nitrogens with one attached hydrogen (secondary N) is 2. The molecule has 2 atom stereocenters. The largest absolute Gasteiger partial charge is 0.342 e. The molecule has 1 aliphatic rings. The van der Waals surface area contributed by atoms with Crippen LogP contribution in [-0.2, 0) is 4.79 Å². The third kappa shape index (κ3) is 2.33. The number of benzene rings is 1. The SMILES string of the molecule is NC1CCCC(c2nc3c(NC=O)cccc3[nH]2)C1. The van der Waals surface area contributed by atoms with Gasteiger partial charge in [0, 0.05) is 12.0 Å². The summed E-state index contributed by atoms with van der Waals surface area (Å²) in [7, 11) is 0. The van der Waals surface area contributed by atoms with Crippen LogP contribution in [0.4, 0.5) is 5.69 Å². The van der Waals surface area contributed by atoms with Crippen LogP contribution in [0.15, 0.2) is 18.2 Å². The lowest BCUT2D eigenvalue weighted by molar-refractivity contribution is -0.105. The first-order valence-corrected chi connectivity index (χ1v) is 6.72. The van der Waals surface area contributed by atoms with Gasteiger partial charge in [0.05, 0.1) is 11.2 Å². The highest BCUT2D eigenvalue weighted by Gasteiger charge is 2.23. The quantitative estimate of drug-likeness (QED) is 0.737. The average molecular weight is 258 g/mol. The van der Waals surface area contributed by atoms with Gasteiger partial charge < -0.3 is 16.0 Å². The van der Waals surface area contributed by atoms with Crippen molar-refractivity contribution in [2.45, 2.75) is 37.6 Å². The zero-order valence-electron chi connectivity index (χ0n) is 10.7. The number of carbonyl (C=O) groups excluding carboxylic acids is 1. The van der Waals surface area contributed by atoms with Crippen LogP contribution in [0, 0.1) is 0 Å². The van der Waals surface area contributed by atoms with Gasteiger partial charge in [-0.2, -0.15) is 0 Å². The number of fused-ring (bicyclic) bond motifs is 1. The maximum Gasteiger partial charge on any atom is 0.211 e. The Balaban J connectivity index is 1.96. The number of nitrogens with two attached hydrogens (primary N) is 1. The van der Waals surface area contributed by atoms with Crippen molar-refractivity contribution in [1.29, 1.82) is 0 Å². The number of nitrogens with zero attached hydrogens (tertiary/aromatic N) is 1. The molecule has 1 saturated carbocycles. The lowest BCUT2D eigenvalue weighted by Crippen LogP contribution is -2.27. The van der Waals surface area contributed by atoms with Crippen molar-refractivity contribution < 1.29 is 4.79 Å². The number of hydrogen-bond acceptors (Lipinski definition) is 3. The summed E-state index contributed by atoms with van der Waals surface area (Å²) in [6, 6.07) is 6.01. The molecule has 100 valence electrons. The number of imidazole rings is 1. The number of amides is 1. The Morgan fingerprint density at radius 3 is 3.11 bits per heavy atom. The fourth-order valence-corrected chi connectivity index (χ4v) is 2.90. The van der Waals surface area contributed by atoms with E-state index in [9.17, 15) is 4.79 Å². The molecule has 19 heavy (non-hydrogen) atoms. The Morgan fingerprint density at radius 1 is 1.42 bits per heavy atom.